The summed E-state index contributed by atoms with van der Waals surface area (Å²) in [6.45, 7) is 6.79. The van der Waals surface area contributed by atoms with Crippen LogP contribution >= 0.6 is 0 Å². The molecule has 0 radical (unpaired) electrons. The molecule has 0 saturated carbocycles. The average molecular weight is 272 g/mol. The van der Waals surface area contributed by atoms with Gasteiger partial charge in [0.2, 0.25) is 5.95 Å². The SMILES string of the molecule is CCn1ccnc1N1CCN(c2ncccc2N)CC1. The lowest BCUT2D eigenvalue weighted by Gasteiger charge is -2.36. The van der Waals surface area contributed by atoms with Crippen molar-refractivity contribution in [1.82, 2.24) is 14.5 Å². The quantitative estimate of drug-likeness (QED) is 0.910. The molecule has 2 N–H and O–H groups in total. The van der Waals surface area contributed by atoms with E-state index in [0.717, 1.165) is 50.2 Å². The smallest absolute Gasteiger partial charge is 0.205 e. The van der Waals surface area contributed by atoms with Gasteiger partial charge in [0.05, 0.1) is 5.69 Å². The Morgan fingerprint density at radius 3 is 2.55 bits per heavy atom. The minimum Gasteiger partial charge on any atom is -0.396 e. The van der Waals surface area contributed by atoms with Crippen LogP contribution in [-0.2, 0) is 6.54 Å². The molecule has 6 nitrogen and oxygen atoms in total. The first-order valence-electron chi connectivity index (χ1n) is 7.01. The summed E-state index contributed by atoms with van der Waals surface area (Å²) >= 11 is 0. The van der Waals surface area contributed by atoms with Crippen LogP contribution in [0.25, 0.3) is 0 Å². The second-order valence-corrected chi connectivity index (χ2v) is 4.90. The van der Waals surface area contributed by atoms with Gasteiger partial charge in [-0.3, -0.25) is 0 Å². The third-order valence-electron chi connectivity index (χ3n) is 3.71. The first-order chi connectivity index (χ1) is 9.79. The summed E-state index contributed by atoms with van der Waals surface area (Å²) in [4.78, 5) is 13.4. The molecule has 3 rings (SSSR count). The van der Waals surface area contributed by atoms with E-state index in [1.54, 1.807) is 6.20 Å². The molecule has 0 bridgehead atoms. The van der Waals surface area contributed by atoms with Gasteiger partial charge in [-0.2, -0.15) is 0 Å². The van der Waals surface area contributed by atoms with Crippen LogP contribution in [0.15, 0.2) is 30.7 Å². The monoisotopic (exact) mass is 272 g/mol. The zero-order chi connectivity index (χ0) is 13.9. The summed E-state index contributed by atoms with van der Waals surface area (Å²) in [5, 5.41) is 0. The number of nitrogens with zero attached hydrogens (tertiary/aromatic N) is 5. The molecule has 2 aromatic rings. The fourth-order valence-electron chi connectivity index (χ4n) is 2.62. The predicted molar refractivity (Wildman–Crippen MR) is 81.0 cm³/mol. The predicted octanol–water partition coefficient (Wildman–Crippen LogP) is 1.21. The zero-order valence-electron chi connectivity index (χ0n) is 11.7. The Balaban J connectivity index is 1.70. The van der Waals surface area contributed by atoms with Crippen LogP contribution in [0.5, 0.6) is 0 Å². The van der Waals surface area contributed by atoms with Crippen molar-refractivity contribution >= 4 is 17.5 Å². The normalized spacial score (nSPS) is 15.7. The van der Waals surface area contributed by atoms with Gasteiger partial charge < -0.3 is 20.1 Å². The fraction of sp³-hybridized carbons (Fsp3) is 0.429. The van der Waals surface area contributed by atoms with E-state index in [9.17, 15) is 0 Å². The topological polar surface area (TPSA) is 63.2 Å². The molecule has 106 valence electrons. The van der Waals surface area contributed by atoms with E-state index in [1.807, 2.05) is 24.5 Å². The Hall–Kier alpha value is -2.24. The fourth-order valence-corrected chi connectivity index (χ4v) is 2.62. The number of piperazine rings is 1. The van der Waals surface area contributed by atoms with E-state index < -0.39 is 0 Å². The number of rotatable bonds is 3. The van der Waals surface area contributed by atoms with Crippen molar-refractivity contribution in [3.8, 4) is 0 Å². The van der Waals surface area contributed by atoms with E-state index >= 15 is 0 Å². The number of aromatic nitrogens is 3. The lowest BCUT2D eigenvalue weighted by atomic mass is 10.3. The highest BCUT2D eigenvalue weighted by Crippen LogP contribution is 2.22. The highest BCUT2D eigenvalue weighted by Gasteiger charge is 2.21. The zero-order valence-corrected chi connectivity index (χ0v) is 11.7. The van der Waals surface area contributed by atoms with Crippen molar-refractivity contribution in [3.05, 3.63) is 30.7 Å². The molecule has 6 heteroatoms. The average Bonchev–Trinajstić information content (AvgIpc) is 2.96. The summed E-state index contributed by atoms with van der Waals surface area (Å²) in [7, 11) is 0. The van der Waals surface area contributed by atoms with Crippen molar-refractivity contribution in [2.75, 3.05) is 41.7 Å². The molecule has 2 aromatic heterocycles. The molecule has 0 atom stereocenters. The van der Waals surface area contributed by atoms with Crippen molar-refractivity contribution in [2.45, 2.75) is 13.5 Å². The van der Waals surface area contributed by atoms with Crippen LogP contribution in [-0.4, -0.2) is 40.7 Å². The number of imidazole rings is 1. The van der Waals surface area contributed by atoms with Gasteiger partial charge >= 0.3 is 0 Å². The molecule has 0 aromatic carbocycles. The van der Waals surface area contributed by atoms with Crippen molar-refractivity contribution in [2.24, 2.45) is 0 Å². The number of nitrogen functional groups attached to an aromatic ring is 1. The van der Waals surface area contributed by atoms with Crippen LogP contribution in [0.2, 0.25) is 0 Å². The van der Waals surface area contributed by atoms with Crippen molar-refractivity contribution in [1.29, 1.82) is 0 Å². The Morgan fingerprint density at radius 1 is 1.10 bits per heavy atom. The molecule has 0 spiro atoms. The molecule has 0 aliphatic carbocycles. The first-order valence-corrected chi connectivity index (χ1v) is 7.01. The van der Waals surface area contributed by atoms with Crippen LogP contribution in [0.1, 0.15) is 6.92 Å². The highest BCUT2D eigenvalue weighted by atomic mass is 15.4. The lowest BCUT2D eigenvalue weighted by Crippen LogP contribution is -2.47. The third kappa shape index (κ3) is 2.29. The summed E-state index contributed by atoms with van der Waals surface area (Å²) in [5.74, 6) is 1.95. The van der Waals surface area contributed by atoms with Crippen LogP contribution in [0.3, 0.4) is 0 Å². The molecule has 0 unspecified atom stereocenters. The Labute approximate surface area is 118 Å². The third-order valence-corrected chi connectivity index (χ3v) is 3.71. The highest BCUT2D eigenvalue weighted by molar-refractivity contribution is 5.62. The first kappa shape index (κ1) is 12.8. The molecule has 1 aliphatic rings. The minimum absolute atomic E-state index is 0.746. The number of nitrogens with two attached hydrogens (primary N) is 1. The second-order valence-electron chi connectivity index (χ2n) is 4.90. The molecule has 1 fully saturated rings. The number of hydrogen-bond acceptors (Lipinski definition) is 5. The number of pyridine rings is 1. The van der Waals surface area contributed by atoms with Gasteiger partial charge in [0.15, 0.2) is 5.82 Å². The summed E-state index contributed by atoms with van der Waals surface area (Å²) < 4.78 is 2.17. The van der Waals surface area contributed by atoms with Crippen LogP contribution < -0.4 is 15.5 Å². The molecule has 1 saturated heterocycles. The van der Waals surface area contributed by atoms with Gasteiger partial charge in [0, 0.05) is 51.3 Å². The number of aryl methyl sites for hydroxylation is 1. The van der Waals surface area contributed by atoms with Gasteiger partial charge in [-0.1, -0.05) is 0 Å². The molecular formula is C14H20N6. The summed E-state index contributed by atoms with van der Waals surface area (Å²) in [5.41, 5.74) is 6.74. The van der Waals surface area contributed by atoms with Gasteiger partial charge in [0.25, 0.3) is 0 Å². The largest absolute Gasteiger partial charge is 0.396 e. The lowest BCUT2D eigenvalue weighted by molar-refractivity contribution is 0.615. The standard InChI is InChI=1S/C14H20N6/c1-2-18-7-6-17-14(18)20-10-8-19(9-11-20)13-12(15)4-3-5-16-13/h3-7H,2,8-11,15H2,1H3. The molecule has 3 heterocycles. The van der Waals surface area contributed by atoms with Crippen molar-refractivity contribution < 1.29 is 0 Å². The van der Waals surface area contributed by atoms with Gasteiger partial charge in [-0.15, -0.1) is 0 Å². The maximum Gasteiger partial charge on any atom is 0.205 e. The summed E-state index contributed by atoms with van der Waals surface area (Å²) in [6, 6.07) is 3.77. The Morgan fingerprint density at radius 2 is 1.85 bits per heavy atom. The van der Waals surface area contributed by atoms with E-state index in [2.05, 4.69) is 31.3 Å². The van der Waals surface area contributed by atoms with Gasteiger partial charge in [0.1, 0.15) is 0 Å². The molecule has 1 aliphatic heterocycles. The second kappa shape index (κ2) is 5.40. The molecule has 0 amide bonds. The minimum atomic E-state index is 0.746. The van der Waals surface area contributed by atoms with E-state index in [0.29, 0.717) is 0 Å². The number of anilines is 3. The van der Waals surface area contributed by atoms with Crippen molar-refractivity contribution in [3.63, 3.8) is 0 Å². The van der Waals surface area contributed by atoms with Gasteiger partial charge in [-0.25, -0.2) is 9.97 Å². The Bertz CT molecular complexity index is 571. The van der Waals surface area contributed by atoms with E-state index in [4.69, 9.17) is 5.73 Å². The molecule has 20 heavy (non-hydrogen) atoms. The van der Waals surface area contributed by atoms with E-state index in [1.165, 1.54) is 0 Å². The number of hydrogen-bond donors (Lipinski definition) is 1. The van der Waals surface area contributed by atoms with E-state index in [-0.39, 0.29) is 0 Å². The van der Waals surface area contributed by atoms with Crippen LogP contribution in [0.4, 0.5) is 17.5 Å². The molecular weight excluding hydrogens is 252 g/mol. The maximum absolute atomic E-state index is 5.99. The Kier molecular flexibility index (Phi) is 3.45. The summed E-state index contributed by atoms with van der Waals surface area (Å²) in [6.07, 6.45) is 5.68. The van der Waals surface area contributed by atoms with Gasteiger partial charge in [-0.05, 0) is 19.1 Å². The maximum atomic E-state index is 5.99. The van der Waals surface area contributed by atoms with Crippen LogP contribution in [0, 0.1) is 0 Å².